The van der Waals surface area contributed by atoms with Crippen molar-refractivity contribution in [2.75, 3.05) is 0 Å². The molecule has 0 atom stereocenters. The predicted octanol–water partition coefficient (Wildman–Crippen LogP) is 0.536. The monoisotopic (exact) mass is 316 g/mol. The van der Waals surface area contributed by atoms with Gasteiger partial charge in [-0.05, 0) is 24.3 Å². The van der Waals surface area contributed by atoms with Gasteiger partial charge < -0.3 is 0 Å². The van der Waals surface area contributed by atoms with E-state index in [9.17, 15) is 8.42 Å². The van der Waals surface area contributed by atoms with Crippen LogP contribution in [0.3, 0.4) is 0 Å². The van der Waals surface area contributed by atoms with Gasteiger partial charge in [-0.15, -0.1) is 5.10 Å². The molecule has 9 heteroatoms. The molecule has 1 N–H and O–H groups in total. The van der Waals surface area contributed by atoms with Crippen LogP contribution in [0.5, 0.6) is 0 Å². The van der Waals surface area contributed by atoms with Gasteiger partial charge in [0.25, 0.3) is 0 Å². The summed E-state index contributed by atoms with van der Waals surface area (Å²) in [7, 11) is -3.62. The summed E-state index contributed by atoms with van der Waals surface area (Å²) in [5, 5.41) is 7.87. The van der Waals surface area contributed by atoms with Crippen molar-refractivity contribution in [1.29, 1.82) is 0 Å². The maximum atomic E-state index is 12.1. The minimum absolute atomic E-state index is 0.0392. The molecule has 0 radical (unpaired) electrons. The first-order valence-corrected chi connectivity index (χ1v) is 7.85. The molecule has 3 aromatic rings. The topological polar surface area (TPSA) is 103 Å². The molecule has 0 unspecified atom stereocenters. The lowest BCUT2D eigenvalue weighted by Crippen LogP contribution is -2.23. The van der Waals surface area contributed by atoms with Crippen molar-refractivity contribution in [1.82, 2.24) is 29.7 Å². The number of rotatable bonds is 5. The van der Waals surface area contributed by atoms with Crippen LogP contribution in [0.4, 0.5) is 0 Å². The van der Waals surface area contributed by atoms with E-state index in [2.05, 4.69) is 25.0 Å². The van der Waals surface area contributed by atoms with E-state index in [1.54, 1.807) is 30.7 Å². The Labute approximate surface area is 126 Å². The summed E-state index contributed by atoms with van der Waals surface area (Å²) in [6, 6.07) is 6.64. The highest BCUT2D eigenvalue weighted by atomic mass is 32.2. The van der Waals surface area contributed by atoms with Crippen LogP contribution in [0, 0.1) is 0 Å². The smallest absolute Gasteiger partial charge is 0.242 e. The predicted molar refractivity (Wildman–Crippen MR) is 77.4 cm³/mol. The molecule has 112 valence electrons. The number of sulfonamides is 1. The lowest BCUT2D eigenvalue weighted by molar-refractivity contribution is 0.580. The fourth-order valence-electron chi connectivity index (χ4n) is 1.75. The van der Waals surface area contributed by atoms with Crippen molar-refractivity contribution in [3.63, 3.8) is 0 Å². The van der Waals surface area contributed by atoms with Gasteiger partial charge in [-0.1, -0.05) is 5.21 Å². The maximum absolute atomic E-state index is 12.1. The minimum Gasteiger partial charge on any atom is -0.263 e. The van der Waals surface area contributed by atoms with Crippen molar-refractivity contribution < 1.29 is 8.42 Å². The molecular weight excluding hydrogens is 304 g/mol. The Bertz CT molecular complexity index is 849. The number of aromatic nitrogens is 5. The first kappa shape index (κ1) is 14.3. The minimum atomic E-state index is -3.62. The number of nitrogens with one attached hydrogen (secondary N) is 1. The molecule has 22 heavy (non-hydrogen) atoms. The average Bonchev–Trinajstić information content (AvgIpc) is 3.04. The normalized spacial score (nSPS) is 11.5. The van der Waals surface area contributed by atoms with E-state index in [4.69, 9.17) is 0 Å². The van der Waals surface area contributed by atoms with Gasteiger partial charge in [0.2, 0.25) is 10.0 Å². The second-order valence-electron chi connectivity index (χ2n) is 4.38. The van der Waals surface area contributed by atoms with Gasteiger partial charge in [0, 0.05) is 18.6 Å². The second kappa shape index (κ2) is 6.00. The molecule has 0 aliphatic carbocycles. The molecule has 0 saturated carbocycles. The van der Waals surface area contributed by atoms with Gasteiger partial charge in [0.15, 0.2) is 0 Å². The van der Waals surface area contributed by atoms with E-state index in [-0.39, 0.29) is 11.4 Å². The van der Waals surface area contributed by atoms with Crippen LogP contribution in [0.15, 0.2) is 60.1 Å². The number of hydrogen-bond acceptors (Lipinski definition) is 6. The molecule has 0 bridgehead atoms. The third-order valence-corrected chi connectivity index (χ3v) is 4.23. The molecule has 3 heterocycles. The van der Waals surface area contributed by atoms with Crippen LogP contribution in [0.1, 0.15) is 5.69 Å². The summed E-state index contributed by atoms with van der Waals surface area (Å²) >= 11 is 0. The Morgan fingerprint density at radius 3 is 2.55 bits per heavy atom. The van der Waals surface area contributed by atoms with Gasteiger partial charge in [-0.2, -0.15) is 0 Å². The van der Waals surface area contributed by atoms with E-state index in [0.717, 1.165) is 5.69 Å². The zero-order valence-electron chi connectivity index (χ0n) is 11.4. The lowest BCUT2D eigenvalue weighted by Gasteiger charge is -2.03. The van der Waals surface area contributed by atoms with Crippen LogP contribution in [-0.4, -0.2) is 33.4 Å². The molecule has 0 saturated heterocycles. The zero-order valence-corrected chi connectivity index (χ0v) is 12.2. The van der Waals surface area contributed by atoms with Gasteiger partial charge in [-0.25, -0.2) is 17.8 Å². The van der Waals surface area contributed by atoms with Gasteiger partial charge >= 0.3 is 0 Å². The van der Waals surface area contributed by atoms with E-state index in [1.807, 2.05) is 6.07 Å². The molecule has 3 rings (SSSR count). The number of hydrogen-bond donors (Lipinski definition) is 1. The van der Waals surface area contributed by atoms with Crippen LogP contribution in [-0.2, 0) is 16.6 Å². The fourth-order valence-corrected chi connectivity index (χ4v) is 2.72. The second-order valence-corrected chi connectivity index (χ2v) is 6.15. The fraction of sp³-hybridized carbons (Fsp3) is 0.0769. The standard InChI is InChI=1S/C13H12N6O2S/c20-22(21,13-4-2-6-15-9-13)16-7-11-10-19(18-17-11)12-3-1-5-14-8-12/h1-6,8-10,16H,7H2. The van der Waals surface area contributed by atoms with Crippen LogP contribution in [0.2, 0.25) is 0 Å². The highest BCUT2D eigenvalue weighted by Gasteiger charge is 2.14. The van der Waals surface area contributed by atoms with E-state index < -0.39 is 10.0 Å². The Morgan fingerprint density at radius 2 is 1.86 bits per heavy atom. The van der Waals surface area contributed by atoms with Crippen molar-refractivity contribution in [2.24, 2.45) is 0 Å². The molecule has 3 aromatic heterocycles. The molecule has 0 spiro atoms. The Kier molecular flexibility index (Phi) is 3.90. The van der Waals surface area contributed by atoms with E-state index in [0.29, 0.717) is 5.69 Å². The van der Waals surface area contributed by atoms with Crippen LogP contribution < -0.4 is 4.72 Å². The van der Waals surface area contributed by atoms with Gasteiger partial charge in [0.1, 0.15) is 4.90 Å². The molecule has 0 aromatic carbocycles. The number of nitrogens with zero attached hydrogens (tertiary/aromatic N) is 5. The quantitative estimate of drug-likeness (QED) is 0.737. The Morgan fingerprint density at radius 1 is 1.09 bits per heavy atom. The number of pyridine rings is 2. The largest absolute Gasteiger partial charge is 0.263 e. The van der Waals surface area contributed by atoms with Crippen LogP contribution >= 0.6 is 0 Å². The van der Waals surface area contributed by atoms with Crippen molar-refractivity contribution in [3.8, 4) is 5.69 Å². The van der Waals surface area contributed by atoms with Crippen molar-refractivity contribution >= 4 is 10.0 Å². The highest BCUT2D eigenvalue weighted by Crippen LogP contribution is 2.07. The summed E-state index contributed by atoms with van der Waals surface area (Å²) < 4.78 is 28.1. The molecule has 0 aliphatic rings. The highest BCUT2D eigenvalue weighted by molar-refractivity contribution is 7.89. The average molecular weight is 316 g/mol. The summed E-state index contributed by atoms with van der Waals surface area (Å²) in [5.41, 5.74) is 1.24. The Hall–Kier alpha value is -2.65. The lowest BCUT2D eigenvalue weighted by atomic mass is 10.4. The summed E-state index contributed by atoms with van der Waals surface area (Å²) in [4.78, 5) is 7.89. The SMILES string of the molecule is O=S(=O)(NCc1cn(-c2cccnc2)nn1)c1cccnc1. The van der Waals surface area contributed by atoms with Gasteiger partial charge in [0.05, 0.1) is 30.3 Å². The summed E-state index contributed by atoms with van der Waals surface area (Å²) in [5.74, 6) is 0. The third-order valence-electron chi connectivity index (χ3n) is 2.84. The van der Waals surface area contributed by atoms with Crippen molar-refractivity contribution in [3.05, 3.63) is 60.9 Å². The van der Waals surface area contributed by atoms with Crippen molar-refractivity contribution in [2.45, 2.75) is 11.4 Å². The first-order valence-electron chi connectivity index (χ1n) is 6.36. The maximum Gasteiger partial charge on any atom is 0.242 e. The molecule has 0 aliphatic heterocycles. The summed E-state index contributed by atoms with van der Waals surface area (Å²) in [6.07, 6.45) is 7.73. The molecular formula is C13H12N6O2S. The third kappa shape index (κ3) is 3.15. The molecule has 8 nitrogen and oxygen atoms in total. The van der Waals surface area contributed by atoms with E-state index >= 15 is 0 Å². The van der Waals surface area contributed by atoms with Crippen LogP contribution in [0.25, 0.3) is 5.69 Å². The first-order chi connectivity index (χ1) is 10.6. The van der Waals surface area contributed by atoms with Gasteiger partial charge in [-0.3, -0.25) is 9.97 Å². The molecule has 0 amide bonds. The Balaban J connectivity index is 1.72. The molecule has 0 fully saturated rings. The van der Waals surface area contributed by atoms with E-state index in [1.165, 1.54) is 23.1 Å². The zero-order chi connectivity index (χ0) is 15.4. The summed E-state index contributed by atoms with van der Waals surface area (Å²) in [6.45, 7) is 0.0392.